The SMILES string of the molecule is O=C(O)c1c[nH]c2c(ccc3[nH]ccc32)c1=O. The summed E-state index contributed by atoms with van der Waals surface area (Å²) in [7, 11) is 0. The predicted octanol–water partition coefficient (Wildman–Crippen LogP) is 1.71. The van der Waals surface area contributed by atoms with E-state index in [1.54, 1.807) is 18.3 Å². The molecule has 2 heterocycles. The zero-order chi connectivity index (χ0) is 12.0. The molecule has 3 aromatic rings. The Kier molecular flexibility index (Phi) is 1.82. The number of benzene rings is 1. The number of nitrogens with one attached hydrogen (secondary N) is 2. The Labute approximate surface area is 94.7 Å². The molecule has 17 heavy (non-hydrogen) atoms. The fraction of sp³-hybridized carbons (Fsp3) is 0. The van der Waals surface area contributed by atoms with E-state index in [0.717, 1.165) is 10.9 Å². The summed E-state index contributed by atoms with van der Waals surface area (Å²) in [5.74, 6) is -1.22. The van der Waals surface area contributed by atoms with Crippen LogP contribution in [0, 0.1) is 0 Å². The van der Waals surface area contributed by atoms with Crippen molar-refractivity contribution in [1.82, 2.24) is 9.97 Å². The Balaban J connectivity index is 2.53. The quantitative estimate of drug-likeness (QED) is 0.592. The van der Waals surface area contributed by atoms with Crippen molar-refractivity contribution in [3.05, 3.63) is 46.4 Å². The summed E-state index contributed by atoms with van der Waals surface area (Å²) in [6.45, 7) is 0. The van der Waals surface area contributed by atoms with Gasteiger partial charge in [0.1, 0.15) is 5.56 Å². The second kappa shape index (κ2) is 3.21. The van der Waals surface area contributed by atoms with E-state index in [4.69, 9.17) is 5.11 Å². The molecule has 0 spiro atoms. The van der Waals surface area contributed by atoms with Crippen LogP contribution in [0.1, 0.15) is 10.4 Å². The van der Waals surface area contributed by atoms with Crippen molar-refractivity contribution in [2.75, 3.05) is 0 Å². The summed E-state index contributed by atoms with van der Waals surface area (Å²) in [5.41, 5.74) is 0.844. The van der Waals surface area contributed by atoms with Crippen LogP contribution in [0.15, 0.2) is 35.4 Å². The van der Waals surface area contributed by atoms with Gasteiger partial charge in [-0.2, -0.15) is 0 Å². The molecule has 3 N–H and O–H groups in total. The van der Waals surface area contributed by atoms with Gasteiger partial charge in [-0.05, 0) is 18.2 Å². The molecule has 0 unspecified atom stereocenters. The standard InChI is InChI=1S/C12H8N2O3/c15-11-7-1-2-9-6(3-4-13-9)10(7)14-5-8(11)12(16)17/h1-5,13H,(H,14,15)(H,16,17). The number of hydrogen-bond donors (Lipinski definition) is 3. The first-order chi connectivity index (χ1) is 8.18. The molecule has 0 aliphatic rings. The minimum absolute atomic E-state index is 0.243. The number of carboxylic acid groups (broad SMARTS) is 1. The molecule has 0 aliphatic heterocycles. The van der Waals surface area contributed by atoms with E-state index in [1.165, 1.54) is 6.20 Å². The zero-order valence-corrected chi connectivity index (χ0v) is 8.65. The van der Waals surface area contributed by atoms with Gasteiger partial charge in [0, 0.05) is 28.7 Å². The van der Waals surface area contributed by atoms with Gasteiger partial charge in [0.2, 0.25) is 5.43 Å². The molecule has 1 aromatic carbocycles. The molecule has 0 aliphatic carbocycles. The molecule has 84 valence electrons. The minimum atomic E-state index is -1.22. The fourth-order valence-corrected chi connectivity index (χ4v) is 1.99. The Morgan fingerprint density at radius 1 is 1.12 bits per heavy atom. The zero-order valence-electron chi connectivity index (χ0n) is 8.65. The fourth-order valence-electron chi connectivity index (χ4n) is 1.99. The minimum Gasteiger partial charge on any atom is -0.477 e. The Hall–Kier alpha value is -2.56. The summed E-state index contributed by atoms with van der Waals surface area (Å²) in [6, 6.07) is 5.23. The lowest BCUT2D eigenvalue weighted by atomic mass is 10.1. The summed E-state index contributed by atoms with van der Waals surface area (Å²) in [6.07, 6.45) is 3.01. The van der Waals surface area contributed by atoms with Crippen molar-refractivity contribution in [2.45, 2.75) is 0 Å². The maximum atomic E-state index is 11.9. The summed E-state index contributed by atoms with van der Waals surface area (Å²) < 4.78 is 0. The van der Waals surface area contributed by atoms with Crippen LogP contribution in [0.4, 0.5) is 0 Å². The Morgan fingerprint density at radius 2 is 1.94 bits per heavy atom. The number of aromatic carboxylic acids is 1. The third-order valence-electron chi connectivity index (χ3n) is 2.81. The average molecular weight is 228 g/mol. The molecular formula is C12H8N2O3. The van der Waals surface area contributed by atoms with Crippen LogP contribution in [-0.2, 0) is 0 Å². The van der Waals surface area contributed by atoms with Crippen LogP contribution in [-0.4, -0.2) is 21.0 Å². The third-order valence-corrected chi connectivity index (χ3v) is 2.81. The largest absolute Gasteiger partial charge is 0.477 e. The number of aromatic nitrogens is 2. The first kappa shape index (κ1) is 9.65. The number of H-pyrrole nitrogens is 2. The van der Waals surface area contributed by atoms with Crippen LogP contribution in [0.25, 0.3) is 21.8 Å². The van der Waals surface area contributed by atoms with Crippen molar-refractivity contribution in [3.63, 3.8) is 0 Å². The number of hydrogen-bond acceptors (Lipinski definition) is 2. The Morgan fingerprint density at radius 3 is 2.71 bits per heavy atom. The van der Waals surface area contributed by atoms with Gasteiger partial charge in [-0.1, -0.05) is 0 Å². The van der Waals surface area contributed by atoms with E-state index < -0.39 is 11.4 Å². The van der Waals surface area contributed by atoms with Crippen LogP contribution >= 0.6 is 0 Å². The molecule has 3 rings (SSSR count). The Bertz CT molecular complexity index is 798. The van der Waals surface area contributed by atoms with Gasteiger partial charge >= 0.3 is 5.97 Å². The molecule has 0 radical (unpaired) electrons. The number of carboxylic acids is 1. The highest BCUT2D eigenvalue weighted by atomic mass is 16.4. The van der Waals surface area contributed by atoms with E-state index in [-0.39, 0.29) is 5.56 Å². The van der Waals surface area contributed by atoms with E-state index in [2.05, 4.69) is 9.97 Å². The van der Waals surface area contributed by atoms with Gasteiger partial charge in [-0.15, -0.1) is 0 Å². The normalized spacial score (nSPS) is 11.1. The van der Waals surface area contributed by atoms with E-state index in [9.17, 15) is 9.59 Å². The van der Waals surface area contributed by atoms with Gasteiger partial charge in [0.15, 0.2) is 0 Å². The lowest BCUT2D eigenvalue weighted by molar-refractivity contribution is 0.0695. The van der Waals surface area contributed by atoms with Crippen LogP contribution in [0.3, 0.4) is 0 Å². The molecule has 2 aromatic heterocycles. The maximum Gasteiger partial charge on any atom is 0.341 e. The van der Waals surface area contributed by atoms with E-state index >= 15 is 0 Å². The van der Waals surface area contributed by atoms with Crippen LogP contribution in [0.5, 0.6) is 0 Å². The summed E-state index contributed by atoms with van der Waals surface area (Å²) in [4.78, 5) is 28.7. The number of fused-ring (bicyclic) bond motifs is 3. The first-order valence-corrected chi connectivity index (χ1v) is 5.03. The third kappa shape index (κ3) is 1.25. The molecule has 0 amide bonds. The highest BCUT2D eigenvalue weighted by molar-refractivity contribution is 6.05. The summed E-state index contributed by atoms with van der Waals surface area (Å²) >= 11 is 0. The molecule has 5 heteroatoms. The lowest BCUT2D eigenvalue weighted by Crippen LogP contribution is -2.15. The number of rotatable bonds is 1. The number of pyridine rings is 1. The molecule has 0 saturated heterocycles. The monoisotopic (exact) mass is 228 g/mol. The van der Waals surface area contributed by atoms with Crippen LogP contribution in [0.2, 0.25) is 0 Å². The van der Waals surface area contributed by atoms with Crippen molar-refractivity contribution >= 4 is 27.8 Å². The molecule has 0 fully saturated rings. The van der Waals surface area contributed by atoms with Gasteiger partial charge in [0.05, 0.1) is 5.52 Å². The summed E-state index contributed by atoms with van der Waals surface area (Å²) in [5, 5.41) is 10.1. The predicted molar refractivity (Wildman–Crippen MR) is 63.4 cm³/mol. The number of carbonyl (C=O) groups is 1. The van der Waals surface area contributed by atoms with Gasteiger partial charge in [0.25, 0.3) is 0 Å². The highest BCUT2D eigenvalue weighted by Gasteiger charge is 2.12. The molecular weight excluding hydrogens is 220 g/mol. The highest BCUT2D eigenvalue weighted by Crippen LogP contribution is 2.20. The second-order valence-corrected chi connectivity index (χ2v) is 3.76. The first-order valence-electron chi connectivity index (χ1n) is 5.03. The molecule has 0 atom stereocenters. The van der Waals surface area contributed by atoms with Crippen molar-refractivity contribution in [3.8, 4) is 0 Å². The average Bonchev–Trinajstić information content (AvgIpc) is 2.77. The van der Waals surface area contributed by atoms with Crippen molar-refractivity contribution in [2.24, 2.45) is 0 Å². The smallest absolute Gasteiger partial charge is 0.341 e. The van der Waals surface area contributed by atoms with E-state index in [0.29, 0.717) is 10.9 Å². The second-order valence-electron chi connectivity index (χ2n) is 3.76. The topological polar surface area (TPSA) is 85.9 Å². The van der Waals surface area contributed by atoms with Gasteiger partial charge in [-0.3, -0.25) is 4.79 Å². The molecule has 0 bridgehead atoms. The molecule has 0 saturated carbocycles. The van der Waals surface area contributed by atoms with Gasteiger partial charge < -0.3 is 15.1 Å². The van der Waals surface area contributed by atoms with Crippen molar-refractivity contribution < 1.29 is 9.90 Å². The number of aromatic amines is 2. The molecule has 5 nitrogen and oxygen atoms in total. The van der Waals surface area contributed by atoms with E-state index in [1.807, 2.05) is 6.07 Å². The van der Waals surface area contributed by atoms with Crippen LogP contribution < -0.4 is 5.43 Å². The lowest BCUT2D eigenvalue weighted by Gasteiger charge is -2.01. The van der Waals surface area contributed by atoms with Gasteiger partial charge in [-0.25, -0.2) is 4.79 Å². The maximum absolute atomic E-state index is 11.9. The van der Waals surface area contributed by atoms with Crippen molar-refractivity contribution in [1.29, 1.82) is 0 Å².